The second kappa shape index (κ2) is 11.0. The van der Waals surface area contributed by atoms with E-state index in [0.717, 1.165) is 5.56 Å². The van der Waals surface area contributed by atoms with E-state index in [1.165, 1.54) is 22.7 Å². The summed E-state index contributed by atoms with van der Waals surface area (Å²) in [6.45, 7) is 0.0497. The molecule has 176 valence electrons. The van der Waals surface area contributed by atoms with Crippen LogP contribution in [0.25, 0.3) is 0 Å². The van der Waals surface area contributed by atoms with Crippen molar-refractivity contribution < 1.29 is 13.2 Å². The van der Waals surface area contributed by atoms with E-state index in [1.54, 1.807) is 66.7 Å². The van der Waals surface area contributed by atoms with Gasteiger partial charge in [0.15, 0.2) is 0 Å². The number of nitrogens with zero attached hydrogens (tertiary/aromatic N) is 2. The first-order chi connectivity index (χ1) is 16.9. The predicted molar refractivity (Wildman–Crippen MR) is 139 cm³/mol. The maximum atomic E-state index is 13.7. The summed E-state index contributed by atoms with van der Waals surface area (Å²) in [4.78, 5) is 13.2. The summed E-state index contributed by atoms with van der Waals surface area (Å²) in [6.07, 6.45) is 1.47. The number of hydrogen-bond donors (Lipinski definition) is 1. The molecular weight excluding hydrogens is 482 g/mol. The highest BCUT2D eigenvalue weighted by Crippen LogP contribution is 2.29. The Kier molecular flexibility index (Phi) is 7.60. The Morgan fingerprint density at radius 2 is 1.51 bits per heavy atom. The number of para-hydroxylation sites is 1. The molecule has 0 unspecified atom stereocenters. The zero-order valence-corrected chi connectivity index (χ0v) is 20.2. The highest BCUT2D eigenvalue weighted by atomic mass is 35.5. The van der Waals surface area contributed by atoms with Crippen LogP contribution in [0, 0.1) is 0 Å². The van der Waals surface area contributed by atoms with Crippen molar-refractivity contribution in [1.82, 2.24) is 5.43 Å². The lowest BCUT2D eigenvalue weighted by Crippen LogP contribution is -2.33. The van der Waals surface area contributed by atoms with Gasteiger partial charge >= 0.3 is 0 Å². The Hall–Kier alpha value is -3.94. The number of carbonyl (C=O) groups excluding carboxylic acids is 1. The van der Waals surface area contributed by atoms with Crippen LogP contribution in [0.2, 0.25) is 5.02 Å². The van der Waals surface area contributed by atoms with Crippen LogP contribution in [-0.4, -0.2) is 20.5 Å². The van der Waals surface area contributed by atoms with Gasteiger partial charge in [-0.2, -0.15) is 5.10 Å². The van der Waals surface area contributed by atoms with Crippen molar-refractivity contribution in [2.75, 3.05) is 4.31 Å². The quantitative estimate of drug-likeness (QED) is 0.255. The van der Waals surface area contributed by atoms with E-state index in [9.17, 15) is 13.2 Å². The second-order valence-corrected chi connectivity index (χ2v) is 9.88. The van der Waals surface area contributed by atoms with Crippen molar-refractivity contribution in [3.05, 3.63) is 131 Å². The topological polar surface area (TPSA) is 78.8 Å². The molecule has 0 aliphatic heterocycles. The van der Waals surface area contributed by atoms with Gasteiger partial charge in [0, 0.05) is 5.02 Å². The fourth-order valence-corrected chi connectivity index (χ4v) is 5.16. The van der Waals surface area contributed by atoms with Crippen LogP contribution in [-0.2, 0) is 16.6 Å². The van der Waals surface area contributed by atoms with Crippen molar-refractivity contribution in [3.63, 3.8) is 0 Å². The Balaban J connectivity index is 1.70. The lowest BCUT2D eigenvalue weighted by Gasteiger charge is -2.26. The average Bonchev–Trinajstić information content (AvgIpc) is 2.88. The van der Waals surface area contributed by atoms with Crippen LogP contribution >= 0.6 is 11.6 Å². The minimum Gasteiger partial charge on any atom is -0.267 e. The Morgan fingerprint density at radius 3 is 2.23 bits per heavy atom. The lowest BCUT2D eigenvalue weighted by atomic mass is 10.1. The molecule has 4 aromatic rings. The third-order valence-corrected chi connectivity index (χ3v) is 7.16. The molecule has 35 heavy (non-hydrogen) atoms. The molecule has 0 atom stereocenters. The summed E-state index contributed by atoms with van der Waals surface area (Å²) in [5, 5.41) is 4.56. The van der Waals surface area contributed by atoms with Gasteiger partial charge in [0.1, 0.15) is 0 Å². The standard InChI is InChI=1S/C27H22ClN3O3S/c28-23-13-9-12-22(18-23)19-29-30-27(32)25-16-7-8-17-26(25)31(20-21-10-3-1-4-11-21)35(33,34)24-14-5-2-6-15-24/h1-19H,20H2,(H,30,32)/b29-19-. The number of amides is 1. The Bertz CT molecular complexity index is 1440. The molecule has 1 amide bonds. The lowest BCUT2D eigenvalue weighted by molar-refractivity contribution is 0.0956. The molecular formula is C27H22ClN3O3S. The Labute approximate surface area is 209 Å². The minimum absolute atomic E-state index is 0.0497. The van der Waals surface area contributed by atoms with E-state index in [2.05, 4.69) is 10.5 Å². The zero-order valence-electron chi connectivity index (χ0n) is 18.6. The highest BCUT2D eigenvalue weighted by Gasteiger charge is 2.28. The van der Waals surface area contributed by atoms with Crippen LogP contribution in [0.5, 0.6) is 0 Å². The first-order valence-electron chi connectivity index (χ1n) is 10.7. The van der Waals surface area contributed by atoms with Gasteiger partial charge < -0.3 is 0 Å². The third-order valence-electron chi connectivity index (χ3n) is 5.15. The van der Waals surface area contributed by atoms with Crippen LogP contribution in [0.15, 0.2) is 119 Å². The number of anilines is 1. The van der Waals surface area contributed by atoms with E-state index >= 15 is 0 Å². The number of sulfonamides is 1. The average molecular weight is 504 g/mol. The van der Waals surface area contributed by atoms with Crippen molar-refractivity contribution in [2.24, 2.45) is 5.10 Å². The van der Waals surface area contributed by atoms with Gasteiger partial charge in [-0.05, 0) is 47.5 Å². The molecule has 6 nitrogen and oxygen atoms in total. The molecule has 0 aromatic heterocycles. The smallest absolute Gasteiger partial charge is 0.267 e. The normalized spacial score (nSPS) is 11.3. The summed E-state index contributed by atoms with van der Waals surface area (Å²) < 4.78 is 28.6. The summed E-state index contributed by atoms with van der Waals surface area (Å²) in [5.74, 6) is -0.541. The van der Waals surface area contributed by atoms with Crippen molar-refractivity contribution in [2.45, 2.75) is 11.4 Å². The molecule has 4 aromatic carbocycles. The highest BCUT2D eigenvalue weighted by molar-refractivity contribution is 7.92. The number of benzene rings is 4. The molecule has 0 spiro atoms. The number of rotatable bonds is 8. The van der Waals surface area contributed by atoms with Crippen LogP contribution in [0.1, 0.15) is 21.5 Å². The predicted octanol–water partition coefficient (Wildman–Crippen LogP) is 5.50. The van der Waals surface area contributed by atoms with E-state index < -0.39 is 15.9 Å². The monoisotopic (exact) mass is 503 g/mol. The fraction of sp³-hybridized carbons (Fsp3) is 0.0370. The molecule has 0 radical (unpaired) electrons. The maximum absolute atomic E-state index is 13.7. The molecule has 0 saturated carbocycles. The number of carbonyl (C=O) groups is 1. The number of halogens is 1. The van der Waals surface area contributed by atoms with Gasteiger partial charge in [-0.15, -0.1) is 0 Å². The maximum Gasteiger partial charge on any atom is 0.273 e. The molecule has 4 rings (SSSR count). The molecule has 8 heteroatoms. The molecule has 0 heterocycles. The molecule has 0 fully saturated rings. The summed E-state index contributed by atoms with van der Waals surface area (Å²) in [5.41, 5.74) is 4.39. The van der Waals surface area contributed by atoms with Gasteiger partial charge in [-0.3, -0.25) is 9.10 Å². The third kappa shape index (κ3) is 5.95. The van der Waals surface area contributed by atoms with E-state index in [1.807, 2.05) is 30.3 Å². The van der Waals surface area contributed by atoms with Gasteiger partial charge in [-0.25, -0.2) is 13.8 Å². The first kappa shape index (κ1) is 24.2. The number of hydrazone groups is 1. The van der Waals surface area contributed by atoms with Crippen molar-refractivity contribution >= 4 is 39.4 Å². The summed E-state index contributed by atoms with van der Waals surface area (Å²) in [7, 11) is -3.98. The summed E-state index contributed by atoms with van der Waals surface area (Å²) in [6, 6.07) is 30.9. The van der Waals surface area contributed by atoms with Crippen LogP contribution in [0.4, 0.5) is 5.69 Å². The molecule has 0 aliphatic rings. The fourth-order valence-electron chi connectivity index (χ4n) is 3.46. The van der Waals surface area contributed by atoms with Gasteiger partial charge in [0.05, 0.1) is 28.9 Å². The van der Waals surface area contributed by atoms with E-state index in [4.69, 9.17) is 11.6 Å². The SMILES string of the molecule is O=C(N/N=C\c1cccc(Cl)c1)c1ccccc1N(Cc1ccccc1)S(=O)(=O)c1ccccc1. The Morgan fingerprint density at radius 1 is 0.857 bits per heavy atom. The number of hydrogen-bond acceptors (Lipinski definition) is 4. The largest absolute Gasteiger partial charge is 0.273 e. The molecule has 0 aliphatic carbocycles. The summed E-state index contributed by atoms with van der Waals surface area (Å²) >= 11 is 5.99. The molecule has 0 saturated heterocycles. The number of nitrogens with one attached hydrogen (secondary N) is 1. The van der Waals surface area contributed by atoms with Gasteiger partial charge in [0.2, 0.25) is 0 Å². The zero-order chi connectivity index (χ0) is 24.7. The second-order valence-electron chi connectivity index (χ2n) is 7.58. The van der Waals surface area contributed by atoms with Gasteiger partial charge in [0.25, 0.3) is 15.9 Å². The molecule has 1 N–H and O–H groups in total. The van der Waals surface area contributed by atoms with Gasteiger partial charge in [-0.1, -0.05) is 84.4 Å². The van der Waals surface area contributed by atoms with Crippen molar-refractivity contribution in [1.29, 1.82) is 0 Å². The van der Waals surface area contributed by atoms with E-state index in [-0.39, 0.29) is 22.7 Å². The first-order valence-corrected chi connectivity index (χ1v) is 12.6. The molecule has 0 bridgehead atoms. The minimum atomic E-state index is -3.98. The van der Waals surface area contributed by atoms with Crippen molar-refractivity contribution in [3.8, 4) is 0 Å². The van der Waals surface area contributed by atoms with E-state index in [0.29, 0.717) is 10.6 Å². The van der Waals surface area contributed by atoms with Crippen LogP contribution < -0.4 is 9.73 Å². The van der Waals surface area contributed by atoms with Crippen LogP contribution in [0.3, 0.4) is 0 Å².